The minimum atomic E-state index is -0.456. The van der Waals surface area contributed by atoms with E-state index in [0.29, 0.717) is 18.9 Å². The van der Waals surface area contributed by atoms with Gasteiger partial charge in [0.1, 0.15) is 6.20 Å². The smallest absolute Gasteiger partial charge is 0.330 e. The molecule has 0 radical (unpaired) electrons. The van der Waals surface area contributed by atoms with E-state index in [9.17, 15) is 10.1 Å². The van der Waals surface area contributed by atoms with Crippen LogP contribution in [-0.2, 0) is 7.05 Å². The van der Waals surface area contributed by atoms with E-state index in [-0.39, 0.29) is 12.3 Å². The van der Waals surface area contributed by atoms with E-state index < -0.39 is 4.92 Å². The van der Waals surface area contributed by atoms with Crippen LogP contribution < -0.4 is 4.90 Å². The number of nitrogens with zero attached hydrogens (tertiary/aromatic N) is 4. The molecule has 0 saturated heterocycles. The van der Waals surface area contributed by atoms with Crippen LogP contribution in [0.4, 0.5) is 11.5 Å². The molecular formula is C9H16N4O3. The maximum absolute atomic E-state index is 10.8. The lowest BCUT2D eigenvalue weighted by Gasteiger charge is -2.19. The summed E-state index contributed by atoms with van der Waals surface area (Å²) in [5.41, 5.74) is -0.0237. The second-order valence-corrected chi connectivity index (χ2v) is 3.48. The number of aliphatic hydroxyl groups excluding tert-OH is 1. The number of nitro groups is 1. The van der Waals surface area contributed by atoms with E-state index in [0.717, 1.165) is 6.42 Å². The van der Waals surface area contributed by atoms with Crippen molar-refractivity contribution < 1.29 is 10.0 Å². The number of hydrogen-bond donors (Lipinski definition) is 1. The lowest BCUT2D eigenvalue weighted by molar-refractivity contribution is -0.384. The van der Waals surface area contributed by atoms with E-state index in [4.69, 9.17) is 5.11 Å². The van der Waals surface area contributed by atoms with Gasteiger partial charge < -0.3 is 10.0 Å². The van der Waals surface area contributed by atoms with Crippen LogP contribution in [0.3, 0.4) is 0 Å². The first-order chi connectivity index (χ1) is 7.60. The highest BCUT2D eigenvalue weighted by atomic mass is 16.6. The molecule has 7 heteroatoms. The van der Waals surface area contributed by atoms with Gasteiger partial charge in [-0.15, -0.1) is 5.10 Å². The van der Waals surface area contributed by atoms with E-state index in [1.165, 1.54) is 10.9 Å². The standard InChI is InChI=1S/C9H16N4O3/c1-3-4-12(5-6-14)9-8(13(15)16)7-11(2)10-9/h7,14H,3-6H2,1-2H3. The van der Waals surface area contributed by atoms with Gasteiger partial charge in [-0.2, -0.15) is 0 Å². The summed E-state index contributed by atoms with van der Waals surface area (Å²) in [4.78, 5) is 12.1. The molecule has 0 aromatic carbocycles. The molecule has 1 aromatic rings. The average Bonchev–Trinajstić information content (AvgIpc) is 2.60. The molecule has 16 heavy (non-hydrogen) atoms. The van der Waals surface area contributed by atoms with Crippen molar-refractivity contribution in [1.82, 2.24) is 9.78 Å². The highest BCUT2D eigenvalue weighted by Crippen LogP contribution is 2.25. The number of aryl methyl sites for hydroxylation is 1. The largest absolute Gasteiger partial charge is 0.395 e. The zero-order chi connectivity index (χ0) is 12.1. The molecule has 1 heterocycles. The van der Waals surface area contributed by atoms with Crippen LogP contribution in [0, 0.1) is 10.1 Å². The predicted molar refractivity (Wildman–Crippen MR) is 59.5 cm³/mol. The lowest BCUT2D eigenvalue weighted by atomic mass is 10.3. The van der Waals surface area contributed by atoms with Gasteiger partial charge in [0.15, 0.2) is 0 Å². The van der Waals surface area contributed by atoms with Crippen molar-refractivity contribution in [3.05, 3.63) is 16.3 Å². The minimum absolute atomic E-state index is 0.0237. The van der Waals surface area contributed by atoms with Gasteiger partial charge in [0.25, 0.3) is 0 Å². The fraction of sp³-hybridized carbons (Fsp3) is 0.667. The number of aliphatic hydroxyl groups is 1. The fourth-order valence-electron chi connectivity index (χ4n) is 1.53. The van der Waals surface area contributed by atoms with Crippen LogP contribution in [0.1, 0.15) is 13.3 Å². The molecule has 0 aliphatic heterocycles. The van der Waals surface area contributed by atoms with Crippen LogP contribution in [0.15, 0.2) is 6.20 Å². The number of anilines is 1. The van der Waals surface area contributed by atoms with Crippen molar-refractivity contribution in [3.63, 3.8) is 0 Å². The molecule has 0 saturated carbocycles. The van der Waals surface area contributed by atoms with Crippen molar-refractivity contribution in [2.75, 3.05) is 24.6 Å². The third kappa shape index (κ3) is 2.69. The van der Waals surface area contributed by atoms with Crippen molar-refractivity contribution in [3.8, 4) is 0 Å². The Balaban J connectivity index is 3.01. The monoisotopic (exact) mass is 228 g/mol. The van der Waals surface area contributed by atoms with E-state index in [2.05, 4.69) is 5.10 Å². The molecule has 0 bridgehead atoms. The van der Waals surface area contributed by atoms with Crippen LogP contribution in [0.25, 0.3) is 0 Å². The Bertz CT molecular complexity index is 358. The first kappa shape index (κ1) is 12.4. The summed E-state index contributed by atoms with van der Waals surface area (Å²) >= 11 is 0. The van der Waals surface area contributed by atoms with Crippen molar-refractivity contribution in [1.29, 1.82) is 0 Å². The predicted octanol–water partition coefficient (Wildman–Crippen LogP) is 0.537. The maximum Gasteiger partial charge on any atom is 0.330 e. The Kier molecular flexibility index (Phi) is 4.24. The van der Waals surface area contributed by atoms with Crippen LogP contribution in [0.5, 0.6) is 0 Å². The van der Waals surface area contributed by atoms with Gasteiger partial charge >= 0.3 is 5.69 Å². The average molecular weight is 228 g/mol. The Morgan fingerprint density at radius 2 is 2.31 bits per heavy atom. The number of rotatable bonds is 6. The van der Waals surface area contributed by atoms with Crippen LogP contribution in [-0.4, -0.2) is 39.5 Å². The van der Waals surface area contributed by atoms with Crippen LogP contribution >= 0.6 is 0 Å². The lowest BCUT2D eigenvalue weighted by Crippen LogP contribution is -2.28. The molecule has 0 fully saturated rings. The summed E-state index contributed by atoms with van der Waals surface area (Å²) in [7, 11) is 1.64. The van der Waals surface area contributed by atoms with Crippen molar-refractivity contribution in [2.24, 2.45) is 7.05 Å². The summed E-state index contributed by atoms with van der Waals surface area (Å²) in [5, 5.41) is 23.8. The van der Waals surface area contributed by atoms with E-state index in [1.807, 2.05) is 6.92 Å². The number of aromatic nitrogens is 2. The molecule has 7 nitrogen and oxygen atoms in total. The molecule has 0 amide bonds. The van der Waals surface area contributed by atoms with Gasteiger partial charge in [0, 0.05) is 20.1 Å². The normalized spacial score (nSPS) is 10.4. The molecule has 1 aromatic heterocycles. The molecule has 0 aliphatic rings. The van der Waals surface area contributed by atoms with E-state index >= 15 is 0 Å². The Morgan fingerprint density at radius 1 is 1.62 bits per heavy atom. The SMILES string of the molecule is CCCN(CCO)c1nn(C)cc1[N+](=O)[O-]. The molecule has 0 unspecified atom stereocenters. The highest BCUT2D eigenvalue weighted by molar-refractivity contribution is 5.56. The van der Waals surface area contributed by atoms with Gasteiger partial charge in [-0.1, -0.05) is 6.92 Å². The van der Waals surface area contributed by atoms with Gasteiger partial charge in [-0.05, 0) is 6.42 Å². The van der Waals surface area contributed by atoms with Gasteiger partial charge in [0.2, 0.25) is 5.82 Å². The molecule has 1 N–H and O–H groups in total. The van der Waals surface area contributed by atoms with Gasteiger partial charge in [0.05, 0.1) is 11.5 Å². The van der Waals surface area contributed by atoms with E-state index in [1.54, 1.807) is 11.9 Å². The second kappa shape index (κ2) is 5.45. The number of hydrogen-bond acceptors (Lipinski definition) is 5. The van der Waals surface area contributed by atoms with Gasteiger partial charge in [-0.3, -0.25) is 14.8 Å². The summed E-state index contributed by atoms with van der Waals surface area (Å²) < 4.78 is 1.41. The zero-order valence-electron chi connectivity index (χ0n) is 9.46. The third-order valence-corrected chi connectivity index (χ3v) is 2.15. The van der Waals surface area contributed by atoms with Crippen molar-refractivity contribution in [2.45, 2.75) is 13.3 Å². The molecule has 0 spiro atoms. The molecule has 90 valence electrons. The van der Waals surface area contributed by atoms with Gasteiger partial charge in [-0.25, -0.2) is 0 Å². The Hall–Kier alpha value is -1.63. The van der Waals surface area contributed by atoms with Crippen molar-refractivity contribution >= 4 is 11.5 Å². The fourth-order valence-corrected chi connectivity index (χ4v) is 1.53. The Labute approximate surface area is 93.4 Å². The minimum Gasteiger partial charge on any atom is -0.395 e. The summed E-state index contributed by atoms with van der Waals surface area (Å²) in [5.74, 6) is 0.323. The van der Waals surface area contributed by atoms with Crippen LogP contribution in [0.2, 0.25) is 0 Å². The zero-order valence-corrected chi connectivity index (χ0v) is 9.46. The first-order valence-corrected chi connectivity index (χ1v) is 5.14. The quantitative estimate of drug-likeness (QED) is 0.567. The molecular weight excluding hydrogens is 212 g/mol. The third-order valence-electron chi connectivity index (χ3n) is 2.15. The molecule has 0 atom stereocenters. The topological polar surface area (TPSA) is 84.4 Å². The molecule has 0 aliphatic carbocycles. The molecule has 1 rings (SSSR count). The Morgan fingerprint density at radius 3 is 2.81 bits per heavy atom. The second-order valence-electron chi connectivity index (χ2n) is 3.48. The summed E-state index contributed by atoms with van der Waals surface area (Å²) in [6, 6.07) is 0. The summed E-state index contributed by atoms with van der Waals surface area (Å²) in [6.45, 7) is 2.91. The first-order valence-electron chi connectivity index (χ1n) is 5.14. The highest BCUT2D eigenvalue weighted by Gasteiger charge is 2.23. The summed E-state index contributed by atoms with van der Waals surface area (Å²) in [6.07, 6.45) is 2.21. The maximum atomic E-state index is 10.8.